The molecule has 0 bridgehead atoms. The molecule has 3 aromatic rings. The Labute approximate surface area is 201 Å². The number of pyridine rings is 1. The van der Waals surface area contributed by atoms with E-state index in [4.69, 9.17) is 9.47 Å². The maximum absolute atomic E-state index is 5.71. The van der Waals surface area contributed by atoms with Crippen LogP contribution in [-0.2, 0) is 13.0 Å². The summed E-state index contributed by atoms with van der Waals surface area (Å²) in [6, 6.07) is 16.4. The van der Waals surface area contributed by atoms with E-state index in [2.05, 4.69) is 38.8 Å². The van der Waals surface area contributed by atoms with Crippen LogP contribution in [0.3, 0.4) is 0 Å². The zero-order valence-corrected chi connectivity index (χ0v) is 20.7. The molecule has 0 amide bonds. The third-order valence-corrected chi connectivity index (χ3v) is 4.72. The molecule has 3 rings (SSSR count). The number of nitrogens with zero attached hydrogens (tertiary/aromatic N) is 2. The van der Waals surface area contributed by atoms with Gasteiger partial charge in [-0.1, -0.05) is 30.3 Å². The van der Waals surface area contributed by atoms with Crippen molar-refractivity contribution in [2.45, 2.75) is 26.8 Å². The number of rotatable bonds is 9. The molecule has 2 N–H and O–H groups in total. The number of aromatic nitrogens is 1. The minimum Gasteiger partial charge on any atom is -0.490 e. The number of hydrogen-bond acceptors (Lipinski definition) is 4. The molecule has 0 radical (unpaired) electrons. The van der Waals surface area contributed by atoms with E-state index in [1.54, 1.807) is 7.05 Å². The first-order valence-electron chi connectivity index (χ1n) is 10.4. The quantitative estimate of drug-likeness (QED) is 0.240. The van der Waals surface area contributed by atoms with Crippen LogP contribution in [0, 0.1) is 0 Å². The fourth-order valence-corrected chi connectivity index (χ4v) is 3.29. The highest BCUT2D eigenvalue weighted by atomic mass is 127. The minimum absolute atomic E-state index is 0. The average molecular weight is 534 g/mol. The van der Waals surface area contributed by atoms with Crippen molar-refractivity contribution in [3.63, 3.8) is 0 Å². The van der Waals surface area contributed by atoms with Crippen LogP contribution in [-0.4, -0.2) is 37.7 Å². The third kappa shape index (κ3) is 6.99. The van der Waals surface area contributed by atoms with Crippen molar-refractivity contribution in [3.05, 3.63) is 66.0 Å². The van der Waals surface area contributed by atoms with E-state index in [-0.39, 0.29) is 24.0 Å². The molecule has 1 aromatic heterocycles. The second-order valence-corrected chi connectivity index (χ2v) is 6.73. The monoisotopic (exact) mass is 534 g/mol. The summed E-state index contributed by atoms with van der Waals surface area (Å²) in [6.45, 7) is 6.54. The molecule has 0 spiro atoms. The Hall–Kier alpha value is -2.55. The summed E-state index contributed by atoms with van der Waals surface area (Å²) in [6.07, 6.45) is 2.69. The van der Waals surface area contributed by atoms with Crippen LogP contribution in [0.4, 0.5) is 0 Å². The fourth-order valence-electron chi connectivity index (χ4n) is 3.29. The number of hydrogen-bond donors (Lipinski definition) is 2. The summed E-state index contributed by atoms with van der Waals surface area (Å²) < 4.78 is 11.3. The molecule has 0 aliphatic heterocycles. The lowest BCUT2D eigenvalue weighted by molar-refractivity contribution is 0.287. The van der Waals surface area contributed by atoms with E-state index in [1.807, 2.05) is 50.4 Å². The summed E-state index contributed by atoms with van der Waals surface area (Å²) >= 11 is 0. The van der Waals surface area contributed by atoms with Gasteiger partial charge in [0, 0.05) is 25.2 Å². The topological polar surface area (TPSA) is 67.8 Å². The van der Waals surface area contributed by atoms with Crippen LogP contribution in [0.25, 0.3) is 10.8 Å². The maximum Gasteiger partial charge on any atom is 0.191 e. The van der Waals surface area contributed by atoms with Crippen molar-refractivity contribution in [2.24, 2.45) is 4.99 Å². The molecule has 6 nitrogen and oxygen atoms in total. The summed E-state index contributed by atoms with van der Waals surface area (Å²) in [4.78, 5) is 8.84. The molecule has 0 unspecified atom stereocenters. The van der Waals surface area contributed by atoms with Crippen LogP contribution >= 0.6 is 24.0 Å². The van der Waals surface area contributed by atoms with Crippen molar-refractivity contribution in [3.8, 4) is 11.5 Å². The van der Waals surface area contributed by atoms with Gasteiger partial charge in [0.1, 0.15) is 0 Å². The average Bonchev–Trinajstić information content (AvgIpc) is 2.78. The third-order valence-electron chi connectivity index (χ3n) is 4.72. The molecular formula is C24H31IN4O2. The van der Waals surface area contributed by atoms with Gasteiger partial charge in [0.05, 0.1) is 25.5 Å². The number of guanidine groups is 1. The highest BCUT2D eigenvalue weighted by molar-refractivity contribution is 14.0. The van der Waals surface area contributed by atoms with E-state index in [9.17, 15) is 0 Å². The van der Waals surface area contributed by atoms with Gasteiger partial charge in [0.25, 0.3) is 0 Å². The lowest BCUT2D eigenvalue weighted by Crippen LogP contribution is -2.38. The smallest absolute Gasteiger partial charge is 0.191 e. The van der Waals surface area contributed by atoms with Gasteiger partial charge in [0.2, 0.25) is 0 Å². The van der Waals surface area contributed by atoms with Crippen molar-refractivity contribution >= 4 is 40.7 Å². The van der Waals surface area contributed by atoms with E-state index < -0.39 is 0 Å². The molecule has 0 aliphatic carbocycles. The molecular weight excluding hydrogens is 503 g/mol. The fraction of sp³-hybridized carbons (Fsp3) is 0.333. The standard InChI is InChI=1S/C24H30N4O2.HI/c1-4-29-22-11-10-18(16-23(22)30-5-2)12-14-27-24(25-3)28-17-21-20-9-7-6-8-19(20)13-15-26-21;/h6-11,13,15-16H,4-5,12,14,17H2,1-3H3,(H2,25,27,28);1H. The highest BCUT2D eigenvalue weighted by Gasteiger charge is 2.07. The Balaban J connectivity index is 0.00000341. The summed E-state index contributed by atoms with van der Waals surface area (Å²) in [5.41, 5.74) is 2.18. The normalized spacial score (nSPS) is 11.0. The molecule has 1 heterocycles. The van der Waals surface area contributed by atoms with Gasteiger partial charge in [-0.2, -0.15) is 0 Å². The Bertz CT molecular complexity index is 989. The zero-order valence-electron chi connectivity index (χ0n) is 18.4. The van der Waals surface area contributed by atoms with Crippen molar-refractivity contribution in [2.75, 3.05) is 26.8 Å². The Kier molecular flexibility index (Phi) is 10.4. The van der Waals surface area contributed by atoms with Crippen LogP contribution in [0.5, 0.6) is 11.5 Å². The Morgan fingerprint density at radius 3 is 2.52 bits per heavy atom. The van der Waals surface area contributed by atoms with Gasteiger partial charge < -0.3 is 20.1 Å². The molecule has 31 heavy (non-hydrogen) atoms. The maximum atomic E-state index is 5.71. The first-order chi connectivity index (χ1) is 14.7. The molecule has 0 atom stereocenters. The summed E-state index contributed by atoms with van der Waals surface area (Å²) in [5, 5.41) is 9.06. The Morgan fingerprint density at radius 1 is 0.968 bits per heavy atom. The second kappa shape index (κ2) is 13.0. The van der Waals surface area contributed by atoms with Crippen LogP contribution in [0.2, 0.25) is 0 Å². The molecule has 0 aliphatic rings. The lowest BCUT2D eigenvalue weighted by Gasteiger charge is -2.14. The molecule has 0 saturated heterocycles. The summed E-state index contributed by atoms with van der Waals surface area (Å²) in [7, 11) is 1.77. The number of aliphatic imine (C=N–C) groups is 1. The predicted molar refractivity (Wildman–Crippen MR) is 138 cm³/mol. The number of ether oxygens (including phenoxy) is 2. The van der Waals surface area contributed by atoms with Gasteiger partial charge in [-0.15, -0.1) is 24.0 Å². The largest absolute Gasteiger partial charge is 0.490 e. The first kappa shape index (κ1) is 24.7. The molecule has 0 saturated carbocycles. The second-order valence-electron chi connectivity index (χ2n) is 6.73. The molecule has 7 heteroatoms. The van der Waals surface area contributed by atoms with Crippen LogP contribution in [0.15, 0.2) is 59.7 Å². The van der Waals surface area contributed by atoms with E-state index >= 15 is 0 Å². The lowest BCUT2D eigenvalue weighted by atomic mass is 10.1. The first-order valence-corrected chi connectivity index (χ1v) is 10.4. The van der Waals surface area contributed by atoms with E-state index in [0.717, 1.165) is 41.5 Å². The van der Waals surface area contributed by atoms with E-state index in [0.29, 0.717) is 19.8 Å². The van der Waals surface area contributed by atoms with Gasteiger partial charge >= 0.3 is 0 Å². The number of fused-ring (bicyclic) bond motifs is 1. The van der Waals surface area contributed by atoms with E-state index in [1.165, 1.54) is 10.9 Å². The van der Waals surface area contributed by atoms with Crippen molar-refractivity contribution < 1.29 is 9.47 Å². The molecule has 0 fully saturated rings. The van der Waals surface area contributed by atoms with Crippen molar-refractivity contribution in [1.29, 1.82) is 0 Å². The highest BCUT2D eigenvalue weighted by Crippen LogP contribution is 2.28. The Morgan fingerprint density at radius 2 is 1.74 bits per heavy atom. The SMILES string of the molecule is CCOc1ccc(CCNC(=NC)NCc2nccc3ccccc23)cc1OCC.I. The van der Waals surface area contributed by atoms with Crippen LogP contribution < -0.4 is 20.1 Å². The predicted octanol–water partition coefficient (Wildman–Crippen LogP) is 4.56. The zero-order chi connectivity index (χ0) is 21.2. The van der Waals surface area contributed by atoms with Crippen LogP contribution in [0.1, 0.15) is 25.1 Å². The van der Waals surface area contributed by atoms with Gasteiger partial charge in [0.15, 0.2) is 17.5 Å². The van der Waals surface area contributed by atoms with Gasteiger partial charge in [-0.05, 0) is 49.4 Å². The number of benzene rings is 2. The molecule has 2 aromatic carbocycles. The molecule has 166 valence electrons. The minimum atomic E-state index is 0. The van der Waals surface area contributed by atoms with Crippen molar-refractivity contribution in [1.82, 2.24) is 15.6 Å². The summed E-state index contributed by atoms with van der Waals surface area (Å²) in [5.74, 6) is 2.33. The number of nitrogens with one attached hydrogen (secondary N) is 2. The van der Waals surface area contributed by atoms with Gasteiger partial charge in [-0.25, -0.2) is 0 Å². The number of halogens is 1. The van der Waals surface area contributed by atoms with Gasteiger partial charge in [-0.3, -0.25) is 9.98 Å².